The largest absolute Gasteiger partial charge is 0.380 e. The Morgan fingerprint density at radius 2 is 2.26 bits per heavy atom. The summed E-state index contributed by atoms with van der Waals surface area (Å²) >= 11 is 1.33. The van der Waals surface area contributed by atoms with Gasteiger partial charge in [-0.05, 0) is 53.6 Å². The van der Waals surface area contributed by atoms with Crippen molar-refractivity contribution in [3.8, 4) is 0 Å². The second-order valence-corrected chi connectivity index (χ2v) is 5.39. The van der Waals surface area contributed by atoms with Crippen molar-refractivity contribution in [2.45, 2.75) is 37.4 Å². The fourth-order valence-corrected chi connectivity index (χ4v) is 2.90. The van der Waals surface area contributed by atoms with Crippen molar-refractivity contribution in [2.75, 3.05) is 0 Å². The van der Waals surface area contributed by atoms with Gasteiger partial charge in [-0.15, -0.1) is 0 Å². The van der Waals surface area contributed by atoms with Crippen molar-refractivity contribution in [1.82, 2.24) is 0 Å². The van der Waals surface area contributed by atoms with Crippen LogP contribution in [0.15, 0.2) is 28.5 Å². The van der Waals surface area contributed by atoms with E-state index < -0.39 is 17.5 Å². The van der Waals surface area contributed by atoms with E-state index in [1.165, 1.54) is 17.6 Å². The van der Waals surface area contributed by atoms with Gasteiger partial charge < -0.3 is 10.2 Å². The fourth-order valence-electron chi connectivity index (χ4n) is 2.22. The first-order valence-electron chi connectivity index (χ1n) is 6.15. The van der Waals surface area contributed by atoms with Gasteiger partial charge in [0.25, 0.3) is 0 Å². The van der Waals surface area contributed by atoms with Crippen molar-refractivity contribution in [1.29, 1.82) is 0 Å². The van der Waals surface area contributed by atoms with Gasteiger partial charge in [-0.25, -0.2) is 0 Å². The zero-order chi connectivity index (χ0) is 13.9. The molecule has 4 nitrogen and oxygen atoms in total. The van der Waals surface area contributed by atoms with Crippen LogP contribution in [-0.2, 0) is 9.59 Å². The minimum Gasteiger partial charge on any atom is -0.380 e. The molecule has 2 atom stereocenters. The average molecular weight is 279 g/mol. The smallest absolute Gasteiger partial charge is 0.245 e. The van der Waals surface area contributed by atoms with Gasteiger partial charge in [0, 0.05) is 0 Å². The highest BCUT2D eigenvalue weighted by Gasteiger charge is 2.44. The molecule has 0 aliphatic heterocycles. The number of rotatable bonds is 5. The zero-order valence-electron chi connectivity index (χ0n) is 10.3. The molecule has 2 N–H and O–H groups in total. The molecule has 2 rings (SSSR count). The maximum Gasteiger partial charge on any atom is 0.245 e. The lowest BCUT2D eigenvalue weighted by Gasteiger charge is -2.27. The van der Waals surface area contributed by atoms with E-state index >= 15 is 0 Å². The van der Waals surface area contributed by atoms with E-state index in [4.69, 9.17) is 0 Å². The summed E-state index contributed by atoms with van der Waals surface area (Å²) in [6, 6.07) is 1.59. The predicted molar refractivity (Wildman–Crippen MR) is 71.5 cm³/mol. The monoisotopic (exact) mass is 279 g/mol. The van der Waals surface area contributed by atoms with Crippen molar-refractivity contribution < 1.29 is 19.8 Å². The number of aliphatic hydroxyl groups is 2. The quantitative estimate of drug-likeness (QED) is 0.635. The first-order chi connectivity index (χ1) is 9.09. The van der Waals surface area contributed by atoms with Crippen LogP contribution >= 0.6 is 11.3 Å². The summed E-state index contributed by atoms with van der Waals surface area (Å²) in [6.07, 6.45) is 4.62. The van der Waals surface area contributed by atoms with E-state index in [0.29, 0.717) is 17.6 Å². The normalized spacial score (nSPS) is 20.2. The number of carbonyl (C=O) groups is 1. The molecule has 5 heteroatoms. The van der Waals surface area contributed by atoms with Gasteiger partial charge in [0.15, 0.2) is 0 Å². The van der Waals surface area contributed by atoms with Gasteiger partial charge in [0.1, 0.15) is 6.10 Å². The molecule has 1 aromatic rings. The molecule has 1 aliphatic rings. The molecule has 0 fully saturated rings. The molecule has 101 valence electrons. The van der Waals surface area contributed by atoms with Gasteiger partial charge in [0.05, 0.1) is 0 Å². The molecule has 1 aromatic heterocycles. The third kappa shape index (κ3) is 2.68. The number of allylic oxidation sites excluding steroid dienone is 1. The van der Waals surface area contributed by atoms with Gasteiger partial charge >= 0.3 is 0 Å². The summed E-state index contributed by atoms with van der Waals surface area (Å²) in [4.78, 5) is 23.3. The van der Waals surface area contributed by atoms with E-state index in [9.17, 15) is 19.8 Å². The molecule has 1 heterocycles. The van der Waals surface area contributed by atoms with Crippen molar-refractivity contribution >= 4 is 23.4 Å². The van der Waals surface area contributed by atoms with Gasteiger partial charge in [-0.2, -0.15) is 11.3 Å². The molecule has 0 amide bonds. The summed E-state index contributed by atoms with van der Waals surface area (Å²) in [5.41, 5.74) is -1.57. The summed E-state index contributed by atoms with van der Waals surface area (Å²) in [5.74, 6) is -0.922. The summed E-state index contributed by atoms with van der Waals surface area (Å²) < 4.78 is 0. The predicted octanol–water partition coefficient (Wildman–Crippen LogP) is 1.69. The van der Waals surface area contributed by atoms with E-state index in [1.807, 2.05) is 0 Å². The maximum atomic E-state index is 12.2. The first kappa shape index (κ1) is 14.1. The Balaban J connectivity index is 2.27. The second kappa shape index (κ2) is 5.77. The van der Waals surface area contributed by atoms with E-state index in [-0.39, 0.29) is 0 Å². The molecule has 19 heavy (non-hydrogen) atoms. The first-order valence-corrected chi connectivity index (χ1v) is 7.09. The summed E-state index contributed by atoms with van der Waals surface area (Å²) in [7, 11) is 0. The molecule has 1 radical (unpaired) electrons. The van der Waals surface area contributed by atoms with Crippen LogP contribution in [0.25, 0.3) is 0 Å². The Bertz CT molecular complexity index is 492. The van der Waals surface area contributed by atoms with Crippen LogP contribution in [0.3, 0.4) is 0 Å². The number of hydrogen-bond donors (Lipinski definition) is 2. The minimum atomic E-state index is -2.32. The molecular formula is C14H15O4S. The highest BCUT2D eigenvalue weighted by Crippen LogP contribution is 2.31. The van der Waals surface area contributed by atoms with Crippen LogP contribution in [0.2, 0.25) is 0 Å². The Labute approximate surface area is 115 Å². The average Bonchev–Trinajstić information content (AvgIpc) is 3.00. The van der Waals surface area contributed by atoms with Gasteiger partial charge in [-0.1, -0.05) is 6.08 Å². The van der Waals surface area contributed by atoms with Crippen LogP contribution in [0.1, 0.15) is 37.4 Å². The van der Waals surface area contributed by atoms with Gasteiger partial charge in [-0.3, -0.25) is 9.59 Å². The van der Waals surface area contributed by atoms with Crippen LogP contribution in [0, 0.1) is 0 Å². The SMILES string of the molecule is O=[C]C(O)(C(=O)C(O)c1ccsc1)C1=CCCCC1. The summed E-state index contributed by atoms with van der Waals surface area (Å²) in [6.45, 7) is 0. The molecule has 0 aromatic carbocycles. The lowest BCUT2D eigenvalue weighted by atomic mass is 9.81. The molecule has 0 bridgehead atoms. The van der Waals surface area contributed by atoms with Crippen molar-refractivity contribution in [3.05, 3.63) is 34.0 Å². The molecular weight excluding hydrogens is 264 g/mol. The minimum absolute atomic E-state index is 0.355. The molecule has 1 aliphatic carbocycles. The number of hydrogen-bond acceptors (Lipinski definition) is 5. The third-order valence-electron chi connectivity index (χ3n) is 3.37. The third-order valence-corrected chi connectivity index (χ3v) is 4.07. The Morgan fingerprint density at radius 3 is 2.79 bits per heavy atom. The standard InChI is InChI=1S/C14H15O4S/c15-9-14(18,11-4-2-1-3-5-11)13(17)12(16)10-6-7-19-8-10/h4,6-8,12,16,18H,1-3,5H2. The molecule has 2 unspecified atom stereocenters. The van der Waals surface area contributed by atoms with Crippen molar-refractivity contribution in [2.24, 2.45) is 0 Å². The Hall–Kier alpha value is -1.30. The number of carbonyl (C=O) groups excluding carboxylic acids is 2. The highest BCUT2D eigenvalue weighted by molar-refractivity contribution is 7.08. The van der Waals surface area contributed by atoms with Crippen LogP contribution in [-0.4, -0.2) is 27.9 Å². The van der Waals surface area contributed by atoms with Crippen LogP contribution in [0.4, 0.5) is 0 Å². The molecule has 0 saturated carbocycles. The highest BCUT2D eigenvalue weighted by atomic mass is 32.1. The topological polar surface area (TPSA) is 74.6 Å². The number of aliphatic hydroxyl groups excluding tert-OH is 1. The zero-order valence-corrected chi connectivity index (χ0v) is 11.2. The fraction of sp³-hybridized carbons (Fsp3) is 0.429. The lowest BCUT2D eigenvalue weighted by Crippen LogP contribution is -2.45. The van der Waals surface area contributed by atoms with E-state index in [2.05, 4.69) is 0 Å². The van der Waals surface area contributed by atoms with E-state index in [0.717, 1.165) is 19.3 Å². The Kier molecular flexibility index (Phi) is 4.29. The van der Waals surface area contributed by atoms with E-state index in [1.54, 1.807) is 22.9 Å². The summed E-state index contributed by atoms with van der Waals surface area (Å²) in [5, 5.41) is 23.6. The number of thiophene rings is 1. The molecule has 0 spiro atoms. The molecule has 0 saturated heterocycles. The maximum absolute atomic E-state index is 12.2. The Morgan fingerprint density at radius 1 is 1.47 bits per heavy atom. The lowest BCUT2D eigenvalue weighted by molar-refractivity contribution is -0.138. The van der Waals surface area contributed by atoms with Crippen molar-refractivity contribution in [3.63, 3.8) is 0 Å². The number of Topliss-reactive ketones (excluding diaryl/α,β-unsaturated/α-hetero) is 1. The van der Waals surface area contributed by atoms with Gasteiger partial charge in [0.2, 0.25) is 17.7 Å². The van der Waals surface area contributed by atoms with Crippen LogP contribution < -0.4 is 0 Å². The number of ketones is 1. The second-order valence-electron chi connectivity index (χ2n) is 4.61. The van der Waals surface area contributed by atoms with Crippen LogP contribution in [0.5, 0.6) is 0 Å².